The molecule has 1 aromatic rings. The SMILES string of the molecule is Cc1ccc(C)c(CN(C)C(=O)[C@@H]2CS(=O)(=O)CC(=O)N2)c1. The molecule has 0 bridgehead atoms. The number of benzene rings is 1. The lowest BCUT2D eigenvalue weighted by Crippen LogP contribution is -2.56. The van der Waals surface area contributed by atoms with E-state index in [0.717, 1.165) is 16.7 Å². The van der Waals surface area contributed by atoms with E-state index < -0.39 is 33.4 Å². The van der Waals surface area contributed by atoms with Crippen molar-refractivity contribution in [2.45, 2.75) is 26.4 Å². The lowest BCUT2D eigenvalue weighted by atomic mass is 10.1. The van der Waals surface area contributed by atoms with Gasteiger partial charge in [-0.2, -0.15) is 0 Å². The fraction of sp³-hybridized carbons (Fsp3) is 0.467. The Hall–Kier alpha value is -1.89. The number of sulfone groups is 1. The van der Waals surface area contributed by atoms with Gasteiger partial charge < -0.3 is 10.2 Å². The molecule has 120 valence electrons. The van der Waals surface area contributed by atoms with E-state index in [-0.39, 0.29) is 5.75 Å². The number of amides is 2. The van der Waals surface area contributed by atoms with E-state index in [1.54, 1.807) is 7.05 Å². The molecule has 1 aliphatic rings. The molecule has 7 heteroatoms. The van der Waals surface area contributed by atoms with E-state index in [1.165, 1.54) is 4.90 Å². The molecular weight excluding hydrogens is 304 g/mol. The summed E-state index contributed by atoms with van der Waals surface area (Å²) >= 11 is 0. The third-order valence-corrected chi connectivity index (χ3v) is 5.24. The maximum atomic E-state index is 12.4. The van der Waals surface area contributed by atoms with Gasteiger partial charge in [0.25, 0.3) is 0 Å². The number of hydrogen-bond donors (Lipinski definition) is 1. The summed E-state index contributed by atoms with van der Waals surface area (Å²) in [5, 5.41) is 2.46. The average Bonchev–Trinajstić information content (AvgIpc) is 2.39. The highest BCUT2D eigenvalue weighted by Crippen LogP contribution is 2.14. The molecule has 2 amide bonds. The molecule has 6 nitrogen and oxygen atoms in total. The molecule has 0 unspecified atom stereocenters. The fourth-order valence-electron chi connectivity index (χ4n) is 2.49. The standard InChI is InChI=1S/C15H20N2O4S/c1-10-4-5-11(2)12(6-10)7-17(3)15(19)13-8-22(20,21)9-14(18)16-13/h4-6,13H,7-9H2,1-3H3,(H,16,18)/t13-/m0/s1. The van der Waals surface area contributed by atoms with Crippen molar-refractivity contribution in [2.24, 2.45) is 0 Å². The molecule has 1 heterocycles. The van der Waals surface area contributed by atoms with Crippen molar-refractivity contribution in [3.05, 3.63) is 34.9 Å². The molecular formula is C15H20N2O4S. The van der Waals surface area contributed by atoms with Crippen molar-refractivity contribution in [3.8, 4) is 0 Å². The normalized spacial score (nSPS) is 20.3. The Morgan fingerprint density at radius 3 is 2.68 bits per heavy atom. The first-order valence-corrected chi connectivity index (χ1v) is 8.81. The van der Waals surface area contributed by atoms with Crippen LogP contribution < -0.4 is 5.32 Å². The number of carbonyl (C=O) groups excluding carboxylic acids is 2. The lowest BCUT2D eigenvalue weighted by Gasteiger charge is -2.27. The Morgan fingerprint density at radius 1 is 1.36 bits per heavy atom. The number of likely N-dealkylation sites (N-methyl/N-ethyl adjacent to an activating group) is 1. The minimum absolute atomic E-state index is 0.339. The van der Waals surface area contributed by atoms with E-state index >= 15 is 0 Å². The molecule has 1 aliphatic heterocycles. The highest BCUT2D eigenvalue weighted by atomic mass is 32.2. The largest absolute Gasteiger partial charge is 0.342 e. The van der Waals surface area contributed by atoms with Crippen LogP contribution in [0.3, 0.4) is 0 Å². The molecule has 0 spiro atoms. The van der Waals surface area contributed by atoms with Crippen LogP contribution in [0.4, 0.5) is 0 Å². The van der Waals surface area contributed by atoms with Gasteiger partial charge in [-0.15, -0.1) is 0 Å². The maximum absolute atomic E-state index is 12.4. The van der Waals surface area contributed by atoms with Crippen molar-refractivity contribution in [1.82, 2.24) is 10.2 Å². The number of nitrogens with one attached hydrogen (secondary N) is 1. The quantitative estimate of drug-likeness (QED) is 0.859. The Kier molecular flexibility index (Phi) is 4.55. The predicted octanol–water partition coefficient (Wildman–Crippen LogP) is 0.175. The molecule has 1 saturated heterocycles. The van der Waals surface area contributed by atoms with Crippen LogP contribution in [0.25, 0.3) is 0 Å². The van der Waals surface area contributed by atoms with Gasteiger partial charge in [-0.25, -0.2) is 8.42 Å². The Morgan fingerprint density at radius 2 is 2.05 bits per heavy atom. The minimum atomic E-state index is -3.51. The van der Waals surface area contributed by atoms with Crippen LogP contribution >= 0.6 is 0 Å². The number of nitrogens with zero attached hydrogens (tertiary/aromatic N) is 1. The zero-order valence-electron chi connectivity index (χ0n) is 12.9. The van der Waals surface area contributed by atoms with E-state index in [9.17, 15) is 18.0 Å². The zero-order chi connectivity index (χ0) is 16.5. The van der Waals surface area contributed by atoms with E-state index in [2.05, 4.69) is 5.32 Å². The smallest absolute Gasteiger partial charge is 0.246 e. The molecule has 1 aromatic carbocycles. The van der Waals surface area contributed by atoms with Crippen LogP contribution in [0.1, 0.15) is 16.7 Å². The topological polar surface area (TPSA) is 83.6 Å². The second-order valence-electron chi connectivity index (χ2n) is 5.80. The molecule has 22 heavy (non-hydrogen) atoms. The molecule has 0 aromatic heterocycles. The second-order valence-corrected chi connectivity index (χ2v) is 7.91. The van der Waals surface area contributed by atoms with Crippen LogP contribution in [-0.4, -0.2) is 49.7 Å². The van der Waals surface area contributed by atoms with Crippen molar-refractivity contribution in [1.29, 1.82) is 0 Å². The Balaban J connectivity index is 2.12. The molecule has 1 atom stereocenters. The van der Waals surface area contributed by atoms with Gasteiger partial charge in [0.15, 0.2) is 9.84 Å². The Labute approximate surface area is 130 Å². The zero-order valence-corrected chi connectivity index (χ0v) is 13.7. The van der Waals surface area contributed by atoms with Crippen LogP contribution in [0.15, 0.2) is 18.2 Å². The highest BCUT2D eigenvalue weighted by molar-refractivity contribution is 7.92. The molecule has 0 aliphatic carbocycles. The summed E-state index contributed by atoms with van der Waals surface area (Å²) in [7, 11) is -1.90. The summed E-state index contributed by atoms with van der Waals surface area (Å²) in [5.41, 5.74) is 3.15. The third kappa shape index (κ3) is 3.85. The van der Waals surface area contributed by atoms with Crippen molar-refractivity contribution in [2.75, 3.05) is 18.6 Å². The average molecular weight is 324 g/mol. The summed E-state index contributed by atoms with van der Waals surface area (Å²) in [4.78, 5) is 25.2. The summed E-state index contributed by atoms with van der Waals surface area (Å²) < 4.78 is 23.2. The van der Waals surface area contributed by atoms with Gasteiger partial charge in [0, 0.05) is 13.6 Å². The maximum Gasteiger partial charge on any atom is 0.246 e. The van der Waals surface area contributed by atoms with Gasteiger partial charge in [0.2, 0.25) is 11.8 Å². The summed E-state index contributed by atoms with van der Waals surface area (Å²) in [6.45, 7) is 4.30. The van der Waals surface area contributed by atoms with E-state index in [1.807, 2.05) is 32.0 Å². The molecule has 0 saturated carbocycles. The van der Waals surface area contributed by atoms with Crippen LogP contribution in [-0.2, 0) is 26.0 Å². The number of rotatable bonds is 3. The Bertz CT molecular complexity index is 712. The van der Waals surface area contributed by atoms with Gasteiger partial charge in [-0.05, 0) is 25.0 Å². The van der Waals surface area contributed by atoms with E-state index in [0.29, 0.717) is 6.54 Å². The van der Waals surface area contributed by atoms with Crippen LogP contribution in [0.5, 0.6) is 0 Å². The second kappa shape index (κ2) is 6.08. The van der Waals surface area contributed by atoms with Crippen LogP contribution in [0, 0.1) is 13.8 Å². The summed E-state index contributed by atoms with van der Waals surface area (Å²) in [6.07, 6.45) is 0. The van der Waals surface area contributed by atoms with Gasteiger partial charge in [0.05, 0.1) is 5.75 Å². The van der Waals surface area contributed by atoms with E-state index in [4.69, 9.17) is 0 Å². The first kappa shape index (κ1) is 16.5. The summed E-state index contributed by atoms with van der Waals surface area (Å²) in [6, 6.07) is 4.97. The van der Waals surface area contributed by atoms with Crippen molar-refractivity contribution >= 4 is 21.7 Å². The van der Waals surface area contributed by atoms with Crippen molar-refractivity contribution in [3.63, 3.8) is 0 Å². The number of carbonyl (C=O) groups is 2. The molecule has 1 fully saturated rings. The molecule has 1 N–H and O–H groups in total. The van der Waals surface area contributed by atoms with Crippen molar-refractivity contribution < 1.29 is 18.0 Å². The number of hydrogen-bond acceptors (Lipinski definition) is 4. The lowest BCUT2D eigenvalue weighted by molar-refractivity contribution is -0.135. The first-order chi connectivity index (χ1) is 10.2. The molecule has 0 radical (unpaired) electrons. The number of aryl methyl sites for hydroxylation is 2. The minimum Gasteiger partial charge on any atom is -0.342 e. The van der Waals surface area contributed by atoms with Gasteiger partial charge >= 0.3 is 0 Å². The van der Waals surface area contributed by atoms with Crippen LogP contribution in [0.2, 0.25) is 0 Å². The van der Waals surface area contributed by atoms with Gasteiger partial charge in [-0.3, -0.25) is 9.59 Å². The fourth-order valence-corrected chi connectivity index (χ4v) is 3.83. The monoisotopic (exact) mass is 324 g/mol. The third-order valence-electron chi connectivity index (χ3n) is 3.69. The van der Waals surface area contributed by atoms with Gasteiger partial charge in [-0.1, -0.05) is 23.8 Å². The van der Waals surface area contributed by atoms with Gasteiger partial charge in [0.1, 0.15) is 11.8 Å². The summed E-state index contributed by atoms with van der Waals surface area (Å²) in [5.74, 6) is -1.89. The molecule has 2 rings (SSSR count). The predicted molar refractivity (Wildman–Crippen MR) is 83.0 cm³/mol. The highest BCUT2D eigenvalue weighted by Gasteiger charge is 2.35. The first-order valence-electron chi connectivity index (χ1n) is 6.99.